The van der Waals surface area contributed by atoms with E-state index in [1.54, 1.807) is 0 Å². The van der Waals surface area contributed by atoms with Crippen LogP contribution < -0.4 is 0 Å². The highest BCUT2D eigenvalue weighted by Crippen LogP contribution is 2.46. The van der Waals surface area contributed by atoms with Gasteiger partial charge in [-0.1, -0.05) is 6.92 Å². The zero-order valence-electron chi connectivity index (χ0n) is 14.9. The zero-order chi connectivity index (χ0) is 19.9. The highest BCUT2D eigenvalue weighted by atomic mass is 16.8. The number of hydrogen-bond donors (Lipinski definition) is 5. The Kier molecular flexibility index (Phi) is 6.16. The van der Waals surface area contributed by atoms with Crippen LogP contribution in [0.2, 0.25) is 0 Å². The van der Waals surface area contributed by atoms with Crippen LogP contribution in [0.25, 0.3) is 0 Å². The van der Waals surface area contributed by atoms with Crippen molar-refractivity contribution in [3.05, 3.63) is 0 Å². The summed E-state index contributed by atoms with van der Waals surface area (Å²) in [6, 6.07) is 0. The molecule has 3 rings (SSSR count). The number of rotatable bonds is 5. The quantitative estimate of drug-likeness (QED) is 0.358. The van der Waals surface area contributed by atoms with E-state index in [-0.39, 0.29) is 31.1 Å². The Hall–Kier alpha value is -1.14. The number of fused-ring (bicyclic) bond motifs is 1. The summed E-state index contributed by atoms with van der Waals surface area (Å²) in [6.45, 7) is 1.27. The Balaban J connectivity index is 1.75. The van der Waals surface area contributed by atoms with Crippen molar-refractivity contribution in [2.75, 3.05) is 13.2 Å². The van der Waals surface area contributed by atoms with E-state index in [9.17, 15) is 30.0 Å². The molecule has 1 aliphatic carbocycles. The van der Waals surface area contributed by atoms with Gasteiger partial charge in [0.2, 0.25) is 0 Å². The lowest BCUT2D eigenvalue weighted by Crippen LogP contribution is -2.60. The number of aliphatic carboxylic acids is 1. The lowest BCUT2D eigenvalue weighted by atomic mass is 9.77. The fourth-order valence-electron chi connectivity index (χ4n) is 4.46. The molecule has 5 N–H and O–H groups in total. The molecule has 0 aromatic carbocycles. The van der Waals surface area contributed by atoms with Gasteiger partial charge >= 0.3 is 5.97 Å². The monoisotopic (exact) mass is 390 g/mol. The van der Waals surface area contributed by atoms with Crippen molar-refractivity contribution in [3.8, 4) is 0 Å². The van der Waals surface area contributed by atoms with Crippen molar-refractivity contribution in [2.45, 2.75) is 56.8 Å². The number of aliphatic hydroxyl groups is 4. The molecule has 5 unspecified atom stereocenters. The smallest absolute Gasteiger partial charge is 0.303 e. The van der Waals surface area contributed by atoms with Crippen LogP contribution in [0.1, 0.15) is 19.8 Å². The van der Waals surface area contributed by atoms with Crippen molar-refractivity contribution in [1.29, 1.82) is 0 Å². The molecule has 10 atom stereocenters. The van der Waals surface area contributed by atoms with E-state index in [1.165, 1.54) is 0 Å². The van der Waals surface area contributed by atoms with Gasteiger partial charge in [0.25, 0.3) is 0 Å². The number of hydrogen-bond acceptors (Lipinski definition) is 9. The average Bonchev–Trinajstić information content (AvgIpc) is 2.92. The molecule has 0 amide bonds. The van der Waals surface area contributed by atoms with E-state index in [1.807, 2.05) is 6.92 Å². The number of carboxylic acid groups (broad SMARTS) is 1. The molecule has 0 aromatic heterocycles. The maximum absolute atomic E-state index is 12.4. The third-order valence-electron chi connectivity index (χ3n) is 5.82. The van der Waals surface area contributed by atoms with Crippen molar-refractivity contribution in [1.82, 2.24) is 0 Å². The first-order valence-electron chi connectivity index (χ1n) is 9.06. The molecule has 10 heteroatoms. The summed E-state index contributed by atoms with van der Waals surface area (Å²) in [5.41, 5.74) is 0. The van der Waals surface area contributed by atoms with Gasteiger partial charge in [-0.15, -0.1) is 0 Å². The Morgan fingerprint density at radius 3 is 2.52 bits per heavy atom. The van der Waals surface area contributed by atoms with Crippen LogP contribution >= 0.6 is 0 Å². The van der Waals surface area contributed by atoms with Crippen LogP contribution in [0.3, 0.4) is 0 Å². The molecule has 0 radical (unpaired) electrons. The molecule has 0 spiro atoms. The molecule has 2 aliphatic heterocycles. The predicted molar refractivity (Wildman–Crippen MR) is 86.1 cm³/mol. The predicted octanol–water partition coefficient (Wildman–Crippen LogP) is -1.91. The molecular weight excluding hydrogens is 364 g/mol. The number of carboxylic acids is 1. The van der Waals surface area contributed by atoms with Gasteiger partial charge in [0, 0.05) is 24.2 Å². The third kappa shape index (κ3) is 3.88. The van der Waals surface area contributed by atoms with Crippen LogP contribution in [0.5, 0.6) is 0 Å². The van der Waals surface area contributed by atoms with Gasteiger partial charge in [-0.05, 0) is 5.92 Å². The molecule has 154 valence electrons. The third-order valence-corrected chi connectivity index (χ3v) is 5.82. The van der Waals surface area contributed by atoms with E-state index in [0.29, 0.717) is 0 Å². The summed E-state index contributed by atoms with van der Waals surface area (Å²) in [4.78, 5) is 23.5. The Bertz CT molecular complexity index is 566. The van der Waals surface area contributed by atoms with Gasteiger partial charge < -0.3 is 39.7 Å². The maximum Gasteiger partial charge on any atom is 0.303 e. The number of aliphatic hydroxyl groups excluding tert-OH is 4. The van der Waals surface area contributed by atoms with Gasteiger partial charge in [0.1, 0.15) is 30.2 Å². The van der Waals surface area contributed by atoms with Crippen molar-refractivity contribution < 1.29 is 49.3 Å². The van der Waals surface area contributed by atoms with Gasteiger partial charge in [-0.2, -0.15) is 0 Å². The molecule has 2 heterocycles. The molecule has 3 aliphatic rings. The van der Waals surface area contributed by atoms with Gasteiger partial charge in [0.05, 0.1) is 19.6 Å². The fourth-order valence-corrected chi connectivity index (χ4v) is 4.46. The summed E-state index contributed by atoms with van der Waals surface area (Å²) in [6.07, 6.45) is -7.99. The fraction of sp³-hybridized carbons (Fsp3) is 0.882. The molecule has 27 heavy (non-hydrogen) atoms. The Morgan fingerprint density at radius 2 is 1.89 bits per heavy atom. The summed E-state index contributed by atoms with van der Waals surface area (Å²) < 4.78 is 16.7. The molecule has 10 nitrogen and oxygen atoms in total. The lowest BCUT2D eigenvalue weighted by molar-refractivity contribution is -0.355. The molecule has 3 fully saturated rings. The van der Waals surface area contributed by atoms with E-state index < -0.39 is 67.3 Å². The number of carbonyl (C=O) groups is 2. The first-order chi connectivity index (χ1) is 12.7. The topological polar surface area (TPSA) is 163 Å². The number of ketones is 1. The molecule has 1 saturated carbocycles. The van der Waals surface area contributed by atoms with Crippen LogP contribution in [0.4, 0.5) is 0 Å². The van der Waals surface area contributed by atoms with Gasteiger partial charge in [-0.3, -0.25) is 9.59 Å². The first kappa shape index (κ1) is 20.6. The highest BCUT2D eigenvalue weighted by molar-refractivity contribution is 5.85. The molecule has 0 bridgehead atoms. The number of Topliss-reactive ketones (excluding diaryl/α,β-unsaturated/α-hetero) is 1. The zero-order valence-corrected chi connectivity index (χ0v) is 14.9. The normalized spacial score (nSPS) is 47.7. The van der Waals surface area contributed by atoms with E-state index in [0.717, 1.165) is 0 Å². The van der Waals surface area contributed by atoms with Crippen LogP contribution in [0, 0.1) is 23.7 Å². The Morgan fingerprint density at radius 1 is 1.19 bits per heavy atom. The second-order valence-electron chi connectivity index (χ2n) is 7.64. The van der Waals surface area contributed by atoms with Crippen molar-refractivity contribution in [2.24, 2.45) is 23.7 Å². The lowest BCUT2D eigenvalue weighted by Gasteiger charge is -2.44. The summed E-state index contributed by atoms with van der Waals surface area (Å²) >= 11 is 0. The first-order valence-corrected chi connectivity index (χ1v) is 9.06. The Labute approximate surface area is 155 Å². The van der Waals surface area contributed by atoms with E-state index in [2.05, 4.69) is 0 Å². The summed E-state index contributed by atoms with van der Waals surface area (Å²) in [5, 5.41) is 48.2. The van der Waals surface area contributed by atoms with Gasteiger partial charge in [0.15, 0.2) is 12.6 Å². The number of carbonyl (C=O) groups excluding carboxylic acids is 1. The summed E-state index contributed by atoms with van der Waals surface area (Å²) in [7, 11) is 0. The van der Waals surface area contributed by atoms with Crippen LogP contribution in [-0.4, -0.2) is 87.5 Å². The van der Waals surface area contributed by atoms with Gasteiger partial charge in [-0.25, -0.2) is 0 Å². The summed E-state index contributed by atoms with van der Waals surface area (Å²) in [5.74, 6) is -2.57. The average molecular weight is 390 g/mol. The second kappa shape index (κ2) is 8.08. The SMILES string of the molecule is CC1CC(=O)C2C(CC(=O)O)COC(O[C@@H]3O[C@@H](CO)[C@@H](O)[C@H](O)[C@@H]3O)C12. The van der Waals surface area contributed by atoms with Crippen LogP contribution in [0.15, 0.2) is 0 Å². The number of ether oxygens (including phenoxy) is 3. The van der Waals surface area contributed by atoms with Crippen molar-refractivity contribution in [3.63, 3.8) is 0 Å². The largest absolute Gasteiger partial charge is 0.481 e. The molecule has 2 saturated heterocycles. The molecule has 0 aromatic rings. The standard InChI is InChI=1S/C17H26O10/c1-6-2-8(19)12-7(3-10(20)21)5-25-16(11(6)12)27-17-15(24)14(23)13(22)9(4-18)26-17/h6-7,9,11-18,22-24H,2-5H2,1H3,(H,20,21)/t6?,7?,9-,11?,12?,13+,14-,15-,16?,17-/m0/s1. The minimum absolute atomic E-state index is 0.00795. The molecular formula is C17H26O10. The van der Waals surface area contributed by atoms with E-state index >= 15 is 0 Å². The second-order valence-corrected chi connectivity index (χ2v) is 7.64. The highest BCUT2D eigenvalue weighted by Gasteiger charge is 2.54. The van der Waals surface area contributed by atoms with E-state index in [4.69, 9.17) is 19.3 Å². The maximum atomic E-state index is 12.4. The minimum Gasteiger partial charge on any atom is -0.481 e. The minimum atomic E-state index is -1.58. The van der Waals surface area contributed by atoms with Crippen LogP contribution in [-0.2, 0) is 23.8 Å². The van der Waals surface area contributed by atoms with Crippen molar-refractivity contribution >= 4 is 11.8 Å².